The van der Waals surface area contributed by atoms with Gasteiger partial charge in [-0.3, -0.25) is 9.59 Å². The highest BCUT2D eigenvalue weighted by atomic mass is 16.2. The first-order chi connectivity index (χ1) is 13.9. The summed E-state index contributed by atoms with van der Waals surface area (Å²) in [6.07, 6.45) is 2.18. The zero-order valence-corrected chi connectivity index (χ0v) is 17.1. The van der Waals surface area contributed by atoms with Crippen molar-refractivity contribution in [2.24, 2.45) is 0 Å². The summed E-state index contributed by atoms with van der Waals surface area (Å²) in [5.41, 5.74) is 2.93. The number of hydrogen-bond acceptors (Lipinski definition) is 4. The Kier molecular flexibility index (Phi) is 6.31. The van der Waals surface area contributed by atoms with Crippen molar-refractivity contribution < 1.29 is 14.4 Å². The fraction of sp³-hybridized carbons (Fsp3) is 0.429. The van der Waals surface area contributed by atoms with Gasteiger partial charge in [0.15, 0.2) is 5.82 Å². The van der Waals surface area contributed by atoms with Crippen molar-refractivity contribution in [3.05, 3.63) is 46.6 Å². The first-order valence-corrected chi connectivity index (χ1v) is 9.99. The van der Waals surface area contributed by atoms with E-state index < -0.39 is 0 Å². The van der Waals surface area contributed by atoms with Crippen LogP contribution in [0.4, 0.5) is 10.6 Å². The number of anilines is 1. The maximum Gasteiger partial charge on any atom is 0.318 e. The Morgan fingerprint density at radius 1 is 1.10 bits per heavy atom. The predicted octanol–water partition coefficient (Wildman–Crippen LogP) is 3.32. The van der Waals surface area contributed by atoms with Gasteiger partial charge in [0.25, 0.3) is 5.91 Å². The van der Waals surface area contributed by atoms with Gasteiger partial charge in [0.1, 0.15) is 0 Å². The number of amides is 3. The summed E-state index contributed by atoms with van der Waals surface area (Å²) in [7, 11) is 0. The molecule has 8 heteroatoms. The number of carbonyl (C=O) groups excluding carboxylic acids is 3. The highest BCUT2D eigenvalue weighted by molar-refractivity contribution is 6.04. The van der Waals surface area contributed by atoms with Gasteiger partial charge >= 0.3 is 6.03 Å². The number of nitrogens with one attached hydrogen (secondary N) is 2. The molecule has 1 aromatic carbocycles. The van der Waals surface area contributed by atoms with E-state index in [1.165, 1.54) is 4.68 Å². The summed E-state index contributed by atoms with van der Waals surface area (Å²) in [4.78, 5) is 39.0. The lowest BCUT2D eigenvalue weighted by atomic mass is 10.1. The molecule has 0 fully saturated rings. The number of fused-ring (bicyclic) bond motifs is 1. The van der Waals surface area contributed by atoms with E-state index >= 15 is 0 Å². The Morgan fingerprint density at radius 2 is 1.83 bits per heavy atom. The van der Waals surface area contributed by atoms with Gasteiger partial charge in [-0.05, 0) is 25.5 Å². The van der Waals surface area contributed by atoms with E-state index in [9.17, 15) is 14.4 Å². The molecule has 29 heavy (non-hydrogen) atoms. The van der Waals surface area contributed by atoms with Crippen molar-refractivity contribution in [1.29, 1.82) is 0 Å². The van der Waals surface area contributed by atoms with Gasteiger partial charge in [0.05, 0.1) is 18.8 Å². The third kappa shape index (κ3) is 4.47. The molecule has 0 aliphatic carbocycles. The van der Waals surface area contributed by atoms with Crippen LogP contribution < -0.4 is 10.6 Å². The molecule has 2 N–H and O–H groups in total. The van der Waals surface area contributed by atoms with Crippen molar-refractivity contribution in [3.63, 3.8) is 0 Å². The molecule has 3 amide bonds. The minimum atomic E-state index is -0.299. The Balaban J connectivity index is 1.81. The van der Waals surface area contributed by atoms with Crippen molar-refractivity contribution in [2.45, 2.75) is 53.1 Å². The van der Waals surface area contributed by atoms with Crippen LogP contribution >= 0.6 is 0 Å². The first-order valence-electron chi connectivity index (χ1n) is 9.99. The van der Waals surface area contributed by atoms with Crippen LogP contribution in [0.5, 0.6) is 0 Å². The van der Waals surface area contributed by atoms with E-state index in [4.69, 9.17) is 0 Å². The minimum Gasteiger partial charge on any atom is -0.338 e. The second kappa shape index (κ2) is 8.89. The zero-order valence-electron chi connectivity index (χ0n) is 17.1. The van der Waals surface area contributed by atoms with Gasteiger partial charge in [-0.2, -0.15) is 0 Å². The number of carbonyl (C=O) groups is 3. The molecule has 0 radical (unpaired) electrons. The number of aryl methyl sites for hydroxylation is 1. The Morgan fingerprint density at radius 3 is 2.48 bits per heavy atom. The smallest absolute Gasteiger partial charge is 0.318 e. The van der Waals surface area contributed by atoms with E-state index in [0.29, 0.717) is 35.7 Å². The number of hydrogen-bond donors (Lipinski definition) is 2. The fourth-order valence-electron chi connectivity index (χ4n) is 3.21. The van der Waals surface area contributed by atoms with Crippen LogP contribution in [0.1, 0.15) is 65.1 Å². The molecule has 2 heterocycles. The van der Waals surface area contributed by atoms with E-state index in [1.54, 1.807) is 24.0 Å². The lowest BCUT2D eigenvalue weighted by Gasteiger charge is -2.17. The molecule has 0 saturated heterocycles. The summed E-state index contributed by atoms with van der Waals surface area (Å²) in [5.74, 6) is -0.145. The van der Waals surface area contributed by atoms with Crippen molar-refractivity contribution in [1.82, 2.24) is 20.0 Å². The summed E-state index contributed by atoms with van der Waals surface area (Å²) in [6.45, 7) is 6.96. The average Bonchev–Trinajstić information content (AvgIpc) is 3.28. The van der Waals surface area contributed by atoms with E-state index in [0.717, 1.165) is 18.4 Å². The largest absolute Gasteiger partial charge is 0.338 e. The van der Waals surface area contributed by atoms with Crippen molar-refractivity contribution in [3.8, 4) is 0 Å². The summed E-state index contributed by atoms with van der Waals surface area (Å²) < 4.78 is 1.32. The predicted molar refractivity (Wildman–Crippen MR) is 110 cm³/mol. The molecule has 0 unspecified atom stereocenters. The molecule has 3 rings (SSSR count). The van der Waals surface area contributed by atoms with Crippen LogP contribution in [0.3, 0.4) is 0 Å². The third-order valence-corrected chi connectivity index (χ3v) is 4.96. The van der Waals surface area contributed by atoms with E-state index in [2.05, 4.69) is 22.7 Å². The van der Waals surface area contributed by atoms with Crippen LogP contribution in [0.15, 0.2) is 24.3 Å². The lowest BCUT2D eigenvalue weighted by Crippen LogP contribution is -2.37. The molecule has 0 saturated carbocycles. The average molecular weight is 397 g/mol. The normalized spacial score (nSPS) is 12.6. The molecule has 0 bridgehead atoms. The molecule has 0 spiro atoms. The van der Waals surface area contributed by atoms with E-state index in [-0.39, 0.29) is 30.8 Å². The number of benzene rings is 1. The Bertz CT molecular complexity index is 917. The van der Waals surface area contributed by atoms with Crippen molar-refractivity contribution in [2.75, 3.05) is 11.9 Å². The Labute approximate surface area is 170 Å². The SMILES string of the molecule is CCCCNC(=O)N1Cc2c(NC(=O)c3ccc(C)cc3)nn(C(=O)CC)c2C1. The second-order valence-electron chi connectivity index (χ2n) is 7.19. The van der Waals surface area contributed by atoms with Gasteiger partial charge in [-0.25, -0.2) is 9.48 Å². The van der Waals surface area contributed by atoms with Crippen LogP contribution in [-0.4, -0.2) is 39.1 Å². The quantitative estimate of drug-likeness (QED) is 0.731. The second-order valence-corrected chi connectivity index (χ2v) is 7.19. The standard InChI is InChI=1S/C21H27N5O3/c1-4-6-11-22-21(29)25-12-16-17(13-25)26(18(27)5-2)24-19(16)23-20(28)15-9-7-14(3)8-10-15/h7-10H,4-6,11-13H2,1-3H3,(H,22,29)(H,23,24,28). The van der Waals surface area contributed by atoms with Gasteiger partial charge in [-0.15, -0.1) is 5.10 Å². The van der Waals surface area contributed by atoms with Gasteiger partial charge in [-0.1, -0.05) is 38.0 Å². The minimum absolute atomic E-state index is 0.176. The molecule has 0 atom stereocenters. The molecule has 1 aliphatic rings. The van der Waals surface area contributed by atoms with Crippen molar-refractivity contribution >= 4 is 23.7 Å². The lowest BCUT2D eigenvalue weighted by molar-refractivity contribution is 0.0886. The first kappa shape index (κ1) is 20.6. The molecule has 8 nitrogen and oxygen atoms in total. The summed E-state index contributed by atoms with van der Waals surface area (Å²) in [5, 5.41) is 10.0. The number of nitrogens with zero attached hydrogens (tertiary/aromatic N) is 3. The van der Waals surface area contributed by atoms with Crippen LogP contribution in [0.25, 0.3) is 0 Å². The zero-order chi connectivity index (χ0) is 21.0. The molecular formula is C21H27N5O3. The number of aromatic nitrogens is 2. The van der Waals surface area contributed by atoms with Gasteiger partial charge in [0.2, 0.25) is 5.91 Å². The molecular weight excluding hydrogens is 370 g/mol. The molecule has 2 aromatic rings. The highest BCUT2D eigenvalue weighted by Crippen LogP contribution is 2.30. The van der Waals surface area contributed by atoms with Crippen LogP contribution in [0, 0.1) is 6.92 Å². The maximum atomic E-state index is 12.6. The molecule has 1 aliphatic heterocycles. The van der Waals surface area contributed by atoms with Gasteiger partial charge in [0, 0.05) is 24.1 Å². The Hall–Kier alpha value is -3.16. The van der Waals surface area contributed by atoms with Crippen LogP contribution in [0.2, 0.25) is 0 Å². The third-order valence-electron chi connectivity index (χ3n) is 4.96. The topological polar surface area (TPSA) is 96.3 Å². The number of urea groups is 1. The molecule has 1 aromatic heterocycles. The highest BCUT2D eigenvalue weighted by Gasteiger charge is 2.32. The summed E-state index contributed by atoms with van der Waals surface area (Å²) in [6, 6.07) is 7.03. The maximum absolute atomic E-state index is 12.6. The van der Waals surface area contributed by atoms with Crippen LogP contribution in [-0.2, 0) is 13.1 Å². The van der Waals surface area contributed by atoms with Gasteiger partial charge < -0.3 is 15.5 Å². The number of unbranched alkanes of at least 4 members (excludes halogenated alkanes) is 1. The fourth-order valence-corrected chi connectivity index (χ4v) is 3.21. The van der Waals surface area contributed by atoms with E-state index in [1.807, 2.05) is 19.1 Å². The number of rotatable bonds is 6. The molecule has 154 valence electrons. The summed E-state index contributed by atoms with van der Waals surface area (Å²) >= 11 is 0. The monoisotopic (exact) mass is 397 g/mol.